The number of fused-ring (bicyclic) bond motifs is 1. The number of rotatable bonds is 4. The van der Waals surface area contributed by atoms with Crippen LogP contribution < -0.4 is 0 Å². The van der Waals surface area contributed by atoms with Gasteiger partial charge in [-0.25, -0.2) is 9.97 Å². The molecule has 4 heterocycles. The van der Waals surface area contributed by atoms with E-state index in [9.17, 15) is 14.9 Å². The number of hydrogen-bond acceptors (Lipinski definition) is 6. The van der Waals surface area contributed by atoms with E-state index in [2.05, 4.69) is 4.98 Å². The van der Waals surface area contributed by atoms with Crippen molar-refractivity contribution in [1.29, 1.82) is 5.26 Å². The molecular formula is C25H20N6O2S. The van der Waals surface area contributed by atoms with E-state index >= 15 is 0 Å². The van der Waals surface area contributed by atoms with Gasteiger partial charge in [-0.15, -0.1) is 11.3 Å². The fourth-order valence-corrected chi connectivity index (χ4v) is 4.85. The Morgan fingerprint density at radius 2 is 1.94 bits per heavy atom. The number of imidazole rings is 1. The Morgan fingerprint density at radius 3 is 2.59 bits per heavy atom. The number of carbonyl (C=O) groups is 2. The molecule has 4 aromatic rings. The monoisotopic (exact) mass is 468 g/mol. The molecule has 1 aromatic carbocycles. The molecule has 2 amide bonds. The molecule has 3 aromatic heterocycles. The minimum Gasteiger partial charge on any atom is -0.324 e. The number of hydrogen-bond donors (Lipinski definition) is 0. The van der Waals surface area contributed by atoms with Crippen LogP contribution in [0.4, 0.5) is 0 Å². The summed E-state index contributed by atoms with van der Waals surface area (Å²) in [6.45, 7) is 3.55. The number of imide groups is 1. The molecule has 0 fully saturated rings. The van der Waals surface area contributed by atoms with Crippen molar-refractivity contribution >= 4 is 40.4 Å². The van der Waals surface area contributed by atoms with Crippen molar-refractivity contribution in [1.82, 2.24) is 24.0 Å². The Hall–Kier alpha value is -4.29. The van der Waals surface area contributed by atoms with Crippen molar-refractivity contribution in [2.45, 2.75) is 13.8 Å². The van der Waals surface area contributed by atoms with Crippen molar-refractivity contribution in [3.8, 4) is 22.6 Å². The number of amides is 2. The number of benzene rings is 1. The Bertz CT molecular complexity index is 1550. The highest BCUT2D eigenvalue weighted by atomic mass is 32.1. The number of nitrogens with zero attached hydrogens (tertiary/aromatic N) is 6. The normalized spacial score (nSPS) is 15.6. The van der Waals surface area contributed by atoms with Gasteiger partial charge in [0.25, 0.3) is 11.8 Å². The lowest BCUT2D eigenvalue weighted by Gasteiger charge is -2.26. The van der Waals surface area contributed by atoms with Crippen molar-refractivity contribution < 1.29 is 9.59 Å². The molecule has 9 heteroatoms. The number of carbonyl (C=O) groups excluding carboxylic acids is 2. The average Bonchev–Trinajstić information content (AvgIpc) is 3.55. The maximum absolute atomic E-state index is 13.2. The number of likely N-dealkylation sites (N-methyl/N-ethyl adjacent to an activating group) is 1. The predicted molar refractivity (Wildman–Crippen MR) is 130 cm³/mol. The molecule has 0 spiro atoms. The van der Waals surface area contributed by atoms with E-state index in [0.717, 1.165) is 38.3 Å². The Morgan fingerprint density at radius 1 is 1.18 bits per heavy atom. The van der Waals surface area contributed by atoms with Gasteiger partial charge in [0.05, 0.1) is 11.2 Å². The highest BCUT2D eigenvalue weighted by Crippen LogP contribution is 2.33. The summed E-state index contributed by atoms with van der Waals surface area (Å²) in [6, 6.07) is 13.7. The summed E-state index contributed by atoms with van der Waals surface area (Å²) in [7, 11) is 1.93. The lowest BCUT2D eigenvalue weighted by molar-refractivity contribution is -0.140. The van der Waals surface area contributed by atoms with Crippen LogP contribution in [0.15, 0.2) is 64.7 Å². The minimum absolute atomic E-state index is 0.0146. The second-order valence-corrected chi connectivity index (χ2v) is 8.70. The average molecular weight is 469 g/mol. The zero-order valence-corrected chi connectivity index (χ0v) is 19.6. The topological polar surface area (TPSA) is 96.8 Å². The van der Waals surface area contributed by atoms with Crippen LogP contribution in [0.25, 0.3) is 33.8 Å². The molecule has 0 atom stereocenters. The standard InChI is InChI=1S/C25H20N6O2S/c1-4-30-24(32)18(15(2)19(14-26)25(30)33)12-17-13-20-21(31(17)16-8-6-5-7-9-16)28-22(29(20)3)23-27-10-11-34-23/h5-13H,4H2,1-3H3/b18-12-. The summed E-state index contributed by atoms with van der Waals surface area (Å²) in [4.78, 5) is 36.1. The molecule has 0 saturated heterocycles. The molecule has 0 radical (unpaired) electrons. The van der Waals surface area contributed by atoms with Crippen LogP contribution in [-0.2, 0) is 16.6 Å². The number of aryl methyl sites for hydroxylation is 1. The number of aromatic nitrogens is 4. The minimum atomic E-state index is -0.553. The Balaban J connectivity index is 1.78. The molecule has 1 aliphatic rings. The maximum Gasteiger partial charge on any atom is 0.271 e. The number of nitriles is 1. The van der Waals surface area contributed by atoms with Gasteiger partial charge < -0.3 is 4.57 Å². The lowest BCUT2D eigenvalue weighted by atomic mass is 9.94. The molecule has 5 rings (SSSR count). The fourth-order valence-electron chi connectivity index (χ4n) is 4.19. The maximum atomic E-state index is 13.2. The van der Waals surface area contributed by atoms with Gasteiger partial charge in [-0.05, 0) is 43.7 Å². The van der Waals surface area contributed by atoms with Gasteiger partial charge in [-0.1, -0.05) is 18.2 Å². The van der Waals surface area contributed by atoms with Gasteiger partial charge in [-0.3, -0.25) is 19.1 Å². The van der Waals surface area contributed by atoms with E-state index in [-0.39, 0.29) is 12.1 Å². The van der Waals surface area contributed by atoms with E-state index in [0.29, 0.717) is 11.1 Å². The summed E-state index contributed by atoms with van der Waals surface area (Å²) in [5.74, 6) is -0.212. The first-order chi connectivity index (χ1) is 16.5. The van der Waals surface area contributed by atoms with Crippen LogP contribution in [0.2, 0.25) is 0 Å². The smallest absolute Gasteiger partial charge is 0.271 e. The first-order valence-electron chi connectivity index (χ1n) is 10.7. The molecule has 0 bridgehead atoms. The van der Waals surface area contributed by atoms with Gasteiger partial charge in [0.1, 0.15) is 11.6 Å². The summed E-state index contributed by atoms with van der Waals surface area (Å²) >= 11 is 1.51. The van der Waals surface area contributed by atoms with Crippen LogP contribution in [0, 0.1) is 11.3 Å². The van der Waals surface area contributed by atoms with E-state index in [1.165, 1.54) is 11.3 Å². The van der Waals surface area contributed by atoms with E-state index in [1.54, 1.807) is 26.1 Å². The van der Waals surface area contributed by atoms with E-state index in [4.69, 9.17) is 4.98 Å². The second-order valence-electron chi connectivity index (χ2n) is 7.81. The summed E-state index contributed by atoms with van der Waals surface area (Å²) < 4.78 is 3.95. The lowest BCUT2D eigenvalue weighted by Crippen LogP contribution is -2.42. The van der Waals surface area contributed by atoms with Crippen molar-refractivity contribution in [2.24, 2.45) is 7.05 Å². The van der Waals surface area contributed by atoms with Crippen molar-refractivity contribution in [3.05, 3.63) is 70.4 Å². The van der Waals surface area contributed by atoms with Crippen molar-refractivity contribution in [2.75, 3.05) is 6.54 Å². The third-order valence-corrected chi connectivity index (χ3v) is 6.72. The van der Waals surface area contributed by atoms with E-state index in [1.807, 2.05) is 64.0 Å². The van der Waals surface area contributed by atoms with Crippen LogP contribution in [-0.4, -0.2) is 42.4 Å². The largest absolute Gasteiger partial charge is 0.324 e. The molecule has 34 heavy (non-hydrogen) atoms. The second kappa shape index (κ2) is 8.24. The fraction of sp³-hybridized carbons (Fsp3) is 0.160. The zero-order chi connectivity index (χ0) is 24.0. The molecule has 8 nitrogen and oxygen atoms in total. The predicted octanol–water partition coefficient (Wildman–Crippen LogP) is 4.10. The van der Waals surface area contributed by atoms with Crippen LogP contribution in [0.3, 0.4) is 0 Å². The molecule has 0 saturated carbocycles. The van der Waals surface area contributed by atoms with Crippen LogP contribution in [0.5, 0.6) is 0 Å². The molecule has 1 aliphatic heterocycles. The summed E-state index contributed by atoms with van der Waals surface area (Å²) in [5, 5.41) is 12.3. The van der Waals surface area contributed by atoms with Gasteiger partial charge in [-0.2, -0.15) is 5.26 Å². The molecule has 0 aliphatic carbocycles. The Labute approximate surface area is 199 Å². The molecule has 168 valence electrons. The van der Waals surface area contributed by atoms with E-state index < -0.39 is 11.8 Å². The zero-order valence-electron chi connectivity index (χ0n) is 18.8. The molecule has 0 N–H and O–H groups in total. The van der Waals surface area contributed by atoms with Gasteiger partial charge in [0.15, 0.2) is 16.5 Å². The van der Waals surface area contributed by atoms with Gasteiger partial charge in [0.2, 0.25) is 0 Å². The first kappa shape index (κ1) is 21.6. The van der Waals surface area contributed by atoms with Gasteiger partial charge in [0, 0.05) is 36.4 Å². The van der Waals surface area contributed by atoms with Crippen LogP contribution >= 0.6 is 11.3 Å². The number of para-hydroxylation sites is 1. The quantitative estimate of drug-likeness (QED) is 0.332. The molecule has 0 unspecified atom stereocenters. The highest BCUT2D eigenvalue weighted by Gasteiger charge is 2.34. The van der Waals surface area contributed by atoms with Crippen LogP contribution in [0.1, 0.15) is 19.5 Å². The first-order valence-corrected chi connectivity index (χ1v) is 11.6. The third-order valence-electron chi connectivity index (χ3n) is 5.95. The highest BCUT2D eigenvalue weighted by molar-refractivity contribution is 7.13. The number of thiazole rings is 1. The van der Waals surface area contributed by atoms with Crippen molar-refractivity contribution in [3.63, 3.8) is 0 Å². The Kier molecular flexibility index (Phi) is 5.23. The van der Waals surface area contributed by atoms with Gasteiger partial charge >= 0.3 is 0 Å². The SMILES string of the molecule is CCN1C(=O)C(C#N)=C(C)/C(=C/c2cc3c(nc(-c4nccs4)n3C)n2-c2ccccc2)C1=O. The molecular weight excluding hydrogens is 448 g/mol. The summed E-state index contributed by atoms with van der Waals surface area (Å²) in [6.07, 6.45) is 3.49. The third kappa shape index (κ3) is 3.19. The summed E-state index contributed by atoms with van der Waals surface area (Å²) in [5.41, 5.74) is 3.87.